The van der Waals surface area contributed by atoms with Crippen LogP contribution in [-0.2, 0) is 17.6 Å². The summed E-state index contributed by atoms with van der Waals surface area (Å²) in [6, 6.07) is 17.8. The lowest BCUT2D eigenvalue weighted by molar-refractivity contribution is 0.0505. The van der Waals surface area contributed by atoms with Crippen LogP contribution < -0.4 is 5.32 Å². The molecule has 1 aliphatic rings. The summed E-state index contributed by atoms with van der Waals surface area (Å²) in [5, 5.41) is 4.41. The Kier molecular flexibility index (Phi) is 6.88. The van der Waals surface area contributed by atoms with Crippen LogP contribution in [0.4, 0.5) is 5.00 Å². The smallest absolute Gasteiger partial charge is 0.341 e. The minimum Gasteiger partial charge on any atom is -0.462 e. The largest absolute Gasteiger partial charge is 0.462 e. The number of nitrogens with zero attached hydrogens (tertiary/aromatic N) is 1. The summed E-state index contributed by atoms with van der Waals surface area (Å²) in [6.07, 6.45) is 3.55. The number of aryl methyl sites for hydroxylation is 1. The molecule has 0 unspecified atom stereocenters. The van der Waals surface area contributed by atoms with E-state index < -0.39 is 0 Å². The Labute approximate surface area is 215 Å². The molecule has 0 radical (unpaired) electrons. The van der Waals surface area contributed by atoms with E-state index in [4.69, 9.17) is 9.72 Å². The van der Waals surface area contributed by atoms with Gasteiger partial charge >= 0.3 is 5.97 Å². The molecule has 1 aliphatic carbocycles. The van der Waals surface area contributed by atoms with E-state index in [-0.39, 0.29) is 11.9 Å². The van der Waals surface area contributed by atoms with Crippen LogP contribution >= 0.6 is 11.3 Å². The molecular formula is C30H30N2O3S. The minimum atomic E-state index is -0.350. The van der Waals surface area contributed by atoms with Gasteiger partial charge in [0.05, 0.1) is 28.9 Å². The number of benzene rings is 2. The van der Waals surface area contributed by atoms with E-state index in [2.05, 4.69) is 43.4 Å². The Hall–Kier alpha value is -3.51. The molecule has 2 aromatic heterocycles. The Morgan fingerprint density at radius 1 is 1.08 bits per heavy atom. The molecule has 0 spiro atoms. The quantitative estimate of drug-likeness (QED) is 0.270. The predicted octanol–water partition coefficient (Wildman–Crippen LogP) is 7.39. The summed E-state index contributed by atoms with van der Waals surface area (Å²) >= 11 is 1.50. The van der Waals surface area contributed by atoms with Gasteiger partial charge in [0.25, 0.3) is 5.91 Å². The van der Waals surface area contributed by atoms with Gasteiger partial charge in [-0.25, -0.2) is 9.78 Å². The van der Waals surface area contributed by atoms with E-state index in [9.17, 15) is 9.59 Å². The van der Waals surface area contributed by atoms with E-state index in [1.54, 1.807) is 0 Å². The molecule has 5 nitrogen and oxygen atoms in total. The highest BCUT2D eigenvalue weighted by molar-refractivity contribution is 7.17. The number of ether oxygens (including phenoxy) is 1. The normalized spacial score (nSPS) is 12.7. The average molecular weight is 499 g/mol. The number of hydrogen-bond donors (Lipinski definition) is 1. The van der Waals surface area contributed by atoms with Gasteiger partial charge in [-0.1, -0.05) is 63.2 Å². The molecule has 1 amide bonds. The maximum atomic E-state index is 13.7. The molecule has 0 aliphatic heterocycles. The topological polar surface area (TPSA) is 68.3 Å². The molecule has 0 bridgehead atoms. The molecule has 1 N–H and O–H groups in total. The number of aromatic nitrogens is 1. The predicted molar refractivity (Wildman–Crippen MR) is 146 cm³/mol. The summed E-state index contributed by atoms with van der Waals surface area (Å²) in [5.41, 5.74) is 5.79. The van der Waals surface area contributed by atoms with Gasteiger partial charge in [-0.05, 0) is 54.9 Å². The van der Waals surface area contributed by atoms with Crippen molar-refractivity contribution in [3.05, 3.63) is 81.7 Å². The maximum absolute atomic E-state index is 13.7. The molecule has 184 valence electrons. The highest BCUT2D eigenvalue weighted by Gasteiger charge is 2.29. The molecule has 2 aromatic carbocycles. The lowest BCUT2D eigenvalue weighted by atomic mass is 9.99. The second kappa shape index (κ2) is 10.2. The van der Waals surface area contributed by atoms with Crippen molar-refractivity contribution in [1.82, 2.24) is 4.98 Å². The van der Waals surface area contributed by atoms with Crippen LogP contribution in [-0.4, -0.2) is 23.5 Å². The number of esters is 1. The monoisotopic (exact) mass is 498 g/mol. The number of rotatable bonds is 7. The fourth-order valence-corrected chi connectivity index (χ4v) is 5.97. The Balaban J connectivity index is 1.53. The van der Waals surface area contributed by atoms with Crippen LogP contribution in [0.15, 0.2) is 54.6 Å². The standard InChI is InChI=1S/C30H30N2O3S/c1-4-16-35-30(34)27-22-9-7-11-26(22)36-29(27)32-28(33)23-17-25(31-24-10-6-5-8-21(23)24)20-14-12-19(13-15-20)18(2)3/h5-6,8,10,12-15,17-18H,4,7,9,11,16H2,1-3H3,(H,32,33). The number of anilines is 1. The van der Waals surface area contributed by atoms with Crippen molar-refractivity contribution in [2.75, 3.05) is 11.9 Å². The number of nitrogens with one attached hydrogen (secondary N) is 1. The zero-order chi connectivity index (χ0) is 25.2. The molecule has 0 fully saturated rings. The van der Waals surface area contributed by atoms with Gasteiger partial charge in [-0.2, -0.15) is 0 Å². The number of fused-ring (bicyclic) bond motifs is 2. The summed E-state index contributed by atoms with van der Waals surface area (Å²) in [5.74, 6) is -0.161. The van der Waals surface area contributed by atoms with Crippen molar-refractivity contribution in [3.8, 4) is 11.3 Å². The van der Waals surface area contributed by atoms with Gasteiger partial charge < -0.3 is 10.1 Å². The van der Waals surface area contributed by atoms with Crippen molar-refractivity contribution >= 4 is 39.1 Å². The van der Waals surface area contributed by atoms with Gasteiger partial charge in [-0.3, -0.25) is 4.79 Å². The van der Waals surface area contributed by atoms with Crippen LogP contribution in [0.5, 0.6) is 0 Å². The molecule has 5 rings (SSSR count). The van der Waals surface area contributed by atoms with Crippen molar-refractivity contribution in [2.24, 2.45) is 0 Å². The summed E-state index contributed by atoms with van der Waals surface area (Å²) in [4.78, 5) is 32.6. The number of carbonyl (C=O) groups excluding carboxylic acids is 2. The van der Waals surface area contributed by atoms with Crippen LogP contribution in [0.1, 0.15) is 76.3 Å². The molecule has 2 heterocycles. The van der Waals surface area contributed by atoms with E-state index in [1.165, 1.54) is 21.8 Å². The van der Waals surface area contributed by atoms with Crippen molar-refractivity contribution < 1.29 is 14.3 Å². The summed E-state index contributed by atoms with van der Waals surface area (Å²) < 4.78 is 5.47. The highest BCUT2D eigenvalue weighted by atomic mass is 32.1. The minimum absolute atomic E-state index is 0.252. The zero-order valence-electron chi connectivity index (χ0n) is 20.9. The molecular weight excluding hydrogens is 468 g/mol. The van der Waals surface area contributed by atoms with Gasteiger partial charge in [0.1, 0.15) is 5.00 Å². The third kappa shape index (κ3) is 4.65. The molecule has 6 heteroatoms. The van der Waals surface area contributed by atoms with Crippen LogP contribution in [0.2, 0.25) is 0 Å². The Morgan fingerprint density at radius 3 is 2.61 bits per heavy atom. The molecule has 0 saturated carbocycles. The summed E-state index contributed by atoms with van der Waals surface area (Å²) in [7, 11) is 0. The SMILES string of the molecule is CCCOC(=O)c1c(NC(=O)c2cc(-c3ccc(C(C)C)cc3)nc3ccccc23)sc2c1CCC2. The highest BCUT2D eigenvalue weighted by Crippen LogP contribution is 2.40. The van der Waals surface area contributed by atoms with Crippen molar-refractivity contribution in [1.29, 1.82) is 0 Å². The average Bonchev–Trinajstić information content (AvgIpc) is 3.47. The fraction of sp³-hybridized carbons (Fsp3) is 0.300. The number of pyridine rings is 1. The van der Waals surface area contributed by atoms with Gasteiger partial charge in [0.15, 0.2) is 0 Å². The van der Waals surface area contributed by atoms with E-state index in [0.29, 0.717) is 28.7 Å². The van der Waals surface area contributed by atoms with E-state index >= 15 is 0 Å². The van der Waals surface area contributed by atoms with Gasteiger partial charge in [0, 0.05) is 15.8 Å². The fourth-order valence-electron chi connectivity index (χ4n) is 4.70. The lowest BCUT2D eigenvalue weighted by Gasteiger charge is -2.12. The van der Waals surface area contributed by atoms with Gasteiger partial charge in [-0.15, -0.1) is 11.3 Å². The summed E-state index contributed by atoms with van der Waals surface area (Å²) in [6.45, 7) is 6.66. The lowest BCUT2D eigenvalue weighted by Crippen LogP contribution is -2.16. The molecule has 36 heavy (non-hydrogen) atoms. The number of hydrogen-bond acceptors (Lipinski definition) is 5. The van der Waals surface area contributed by atoms with Crippen LogP contribution in [0.3, 0.4) is 0 Å². The van der Waals surface area contributed by atoms with Crippen molar-refractivity contribution in [2.45, 2.75) is 52.4 Å². The first-order valence-corrected chi connectivity index (χ1v) is 13.4. The van der Waals surface area contributed by atoms with E-state index in [0.717, 1.165) is 53.4 Å². The maximum Gasteiger partial charge on any atom is 0.341 e. The van der Waals surface area contributed by atoms with Crippen LogP contribution in [0, 0.1) is 0 Å². The second-order valence-electron chi connectivity index (χ2n) is 9.50. The molecule has 0 atom stereocenters. The number of para-hydroxylation sites is 1. The third-order valence-electron chi connectivity index (χ3n) is 6.62. The molecule has 4 aromatic rings. The first-order chi connectivity index (χ1) is 17.5. The van der Waals surface area contributed by atoms with E-state index in [1.807, 2.05) is 37.3 Å². The first-order valence-electron chi connectivity index (χ1n) is 12.6. The Bertz CT molecular complexity index is 1440. The third-order valence-corrected chi connectivity index (χ3v) is 7.83. The second-order valence-corrected chi connectivity index (χ2v) is 10.6. The van der Waals surface area contributed by atoms with Gasteiger partial charge in [0.2, 0.25) is 0 Å². The Morgan fingerprint density at radius 2 is 1.86 bits per heavy atom. The number of thiophene rings is 1. The number of carbonyl (C=O) groups is 2. The van der Waals surface area contributed by atoms with Crippen LogP contribution in [0.25, 0.3) is 22.2 Å². The first kappa shape index (κ1) is 24.2. The van der Waals surface area contributed by atoms with Crippen molar-refractivity contribution in [3.63, 3.8) is 0 Å². The number of amides is 1. The molecule has 0 saturated heterocycles. The zero-order valence-corrected chi connectivity index (χ0v) is 21.7.